The summed E-state index contributed by atoms with van der Waals surface area (Å²) in [5.74, 6) is -0.298. The zero-order valence-electron chi connectivity index (χ0n) is 15.4. The Balaban J connectivity index is 1.43. The first-order valence-corrected chi connectivity index (χ1v) is 10.8. The molecule has 6 nitrogen and oxygen atoms in total. The van der Waals surface area contributed by atoms with Crippen LogP contribution in [0.2, 0.25) is 0 Å². The molecule has 0 unspecified atom stereocenters. The third kappa shape index (κ3) is 3.60. The summed E-state index contributed by atoms with van der Waals surface area (Å²) in [7, 11) is 0. The molecule has 0 saturated carbocycles. The number of carbonyl (C=O) groups excluding carboxylic acids is 1. The van der Waals surface area contributed by atoms with E-state index >= 15 is 0 Å². The fourth-order valence-corrected chi connectivity index (χ4v) is 4.60. The van der Waals surface area contributed by atoms with E-state index in [2.05, 4.69) is 20.4 Å². The van der Waals surface area contributed by atoms with E-state index in [0.29, 0.717) is 11.5 Å². The van der Waals surface area contributed by atoms with Crippen LogP contribution >= 0.6 is 22.7 Å². The first kappa shape index (κ1) is 18.6. The van der Waals surface area contributed by atoms with Crippen molar-refractivity contribution >= 4 is 38.8 Å². The fraction of sp³-hybridized carbons (Fsp3) is 0.0476. The van der Waals surface area contributed by atoms with Crippen molar-refractivity contribution in [2.75, 3.05) is 0 Å². The van der Waals surface area contributed by atoms with Gasteiger partial charge in [-0.05, 0) is 41.8 Å². The molecule has 3 aromatic heterocycles. The number of thiophene rings is 1. The first-order valence-electron chi connectivity index (χ1n) is 9.07. The fourth-order valence-electron chi connectivity index (χ4n) is 2.99. The highest BCUT2D eigenvalue weighted by Crippen LogP contribution is 2.26. The molecule has 0 bridgehead atoms. The van der Waals surface area contributed by atoms with Crippen molar-refractivity contribution in [3.63, 3.8) is 0 Å². The van der Waals surface area contributed by atoms with Crippen LogP contribution in [-0.4, -0.2) is 25.7 Å². The molecule has 148 valence electrons. The minimum absolute atomic E-state index is 0.0174. The van der Waals surface area contributed by atoms with Crippen LogP contribution in [0, 0.1) is 5.82 Å². The molecule has 0 fully saturated rings. The Morgan fingerprint density at radius 3 is 2.77 bits per heavy atom. The van der Waals surface area contributed by atoms with Gasteiger partial charge >= 0.3 is 0 Å². The number of fused-ring (bicyclic) bond motifs is 1. The number of hydrogen-bond donors (Lipinski definition) is 1. The molecule has 0 atom stereocenters. The summed E-state index contributed by atoms with van der Waals surface area (Å²) in [5.41, 5.74) is 1.40. The third-order valence-electron chi connectivity index (χ3n) is 4.34. The Morgan fingerprint density at radius 1 is 1.07 bits per heavy atom. The lowest BCUT2D eigenvalue weighted by Crippen LogP contribution is -2.24. The highest BCUT2D eigenvalue weighted by molar-refractivity contribution is 7.18. The lowest BCUT2D eigenvalue weighted by atomic mass is 10.3. The predicted octanol–water partition coefficient (Wildman–Crippen LogP) is 4.67. The number of benzene rings is 2. The summed E-state index contributed by atoms with van der Waals surface area (Å²) in [5, 5.41) is 9.88. The monoisotopic (exact) mass is 435 g/mol. The van der Waals surface area contributed by atoms with Crippen LogP contribution in [0.5, 0.6) is 0 Å². The van der Waals surface area contributed by atoms with E-state index in [1.807, 2.05) is 41.8 Å². The second-order valence-electron chi connectivity index (χ2n) is 6.39. The number of amides is 1. The van der Waals surface area contributed by atoms with E-state index in [1.165, 1.54) is 39.5 Å². The standard InChI is InChI=1S/C21H14FN5OS2/c22-13-5-3-6-14(11-13)27-20(17-9-4-10-29-17)25-19(26-27)21(28)23-12-18-24-15-7-1-2-8-16(15)30-18/h1-11H,12H2,(H,23,28). The normalized spacial score (nSPS) is 11.1. The summed E-state index contributed by atoms with van der Waals surface area (Å²) < 4.78 is 16.3. The first-order chi connectivity index (χ1) is 14.7. The van der Waals surface area contributed by atoms with Crippen LogP contribution in [-0.2, 0) is 6.54 Å². The van der Waals surface area contributed by atoms with Crippen LogP contribution < -0.4 is 5.32 Å². The molecule has 0 aliphatic rings. The molecule has 30 heavy (non-hydrogen) atoms. The molecule has 5 aromatic rings. The van der Waals surface area contributed by atoms with Gasteiger partial charge in [0.15, 0.2) is 5.82 Å². The van der Waals surface area contributed by atoms with Gasteiger partial charge in [0.25, 0.3) is 5.91 Å². The number of halogens is 1. The van der Waals surface area contributed by atoms with Crippen molar-refractivity contribution in [2.24, 2.45) is 0 Å². The van der Waals surface area contributed by atoms with E-state index in [4.69, 9.17) is 0 Å². The van der Waals surface area contributed by atoms with Crippen LogP contribution in [0.25, 0.3) is 26.6 Å². The predicted molar refractivity (Wildman–Crippen MR) is 115 cm³/mol. The maximum absolute atomic E-state index is 13.7. The van der Waals surface area contributed by atoms with Gasteiger partial charge in [-0.15, -0.1) is 27.8 Å². The number of rotatable bonds is 5. The molecule has 5 rings (SSSR count). The molecule has 1 N–H and O–H groups in total. The van der Waals surface area contributed by atoms with Gasteiger partial charge in [-0.2, -0.15) is 0 Å². The largest absolute Gasteiger partial charge is 0.343 e. The summed E-state index contributed by atoms with van der Waals surface area (Å²) in [4.78, 5) is 22.5. The Morgan fingerprint density at radius 2 is 1.97 bits per heavy atom. The number of para-hydroxylation sites is 1. The van der Waals surface area contributed by atoms with Crippen LogP contribution in [0.1, 0.15) is 15.6 Å². The summed E-state index contributed by atoms with van der Waals surface area (Å²) in [6.07, 6.45) is 0. The summed E-state index contributed by atoms with van der Waals surface area (Å²) in [6, 6.07) is 17.6. The smallest absolute Gasteiger partial charge is 0.291 e. The lowest BCUT2D eigenvalue weighted by molar-refractivity contribution is 0.0940. The van der Waals surface area contributed by atoms with Crippen molar-refractivity contribution in [2.45, 2.75) is 6.54 Å². The van der Waals surface area contributed by atoms with Gasteiger partial charge in [0, 0.05) is 0 Å². The van der Waals surface area contributed by atoms with E-state index in [9.17, 15) is 9.18 Å². The van der Waals surface area contributed by atoms with E-state index < -0.39 is 5.91 Å². The number of hydrogen-bond acceptors (Lipinski definition) is 6. The minimum Gasteiger partial charge on any atom is -0.343 e. The lowest BCUT2D eigenvalue weighted by Gasteiger charge is -2.04. The van der Waals surface area contributed by atoms with Crippen molar-refractivity contribution in [3.05, 3.63) is 82.7 Å². The average Bonchev–Trinajstić information content (AvgIpc) is 3.50. The number of nitrogens with one attached hydrogen (secondary N) is 1. The molecule has 1 amide bonds. The van der Waals surface area contributed by atoms with E-state index in [-0.39, 0.29) is 18.2 Å². The van der Waals surface area contributed by atoms with Crippen molar-refractivity contribution in [3.8, 4) is 16.4 Å². The van der Waals surface area contributed by atoms with Gasteiger partial charge in [-0.25, -0.2) is 19.0 Å². The Kier molecular flexibility index (Phi) is 4.82. The van der Waals surface area contributed by atoms with Crippen molar-refractivity contribution < 1.29 is 9.18 Å². The topological polar surface area (TPSA) is 72.7 Å². The molecule has 9 heteroatoms. The number of aromatic nitrogens is 4. The van der Waals surface area contributed by atoms with Crippen LogP contribution in [0.3, 0.4) is 0 Å². The molecule has 0 saturated heterocycles. The third-order valence-corrected chi connectivity index (χ3v) is 6.25. The Bertz CT molecular complexity index is 1310. The highest BCUT2D eigenvalue weighted by atomic mass is 32.1. The molecule has 0 radical (unpaired) electrons. The van der Waals surface area contributed by atoms with Gasteiger partial charge < -0.3 is 5.32 Å². The van der Waals surface area contributed by atoms with Gasteiger partial charge in [-0.1, -0.05) is 24.3 Å². The minimum atomic E-state index is -0.415. The molecular formula is C21H14FN5OS2. The number of carbonyl (C=O) groups is 1. The SMILES string of the molecule is O=C(NCc1nc2ccccc2s1)c1nc(-c2cccs2)n(-c2cccc(F)c2)n1. The Hall–Kier alpha value is -3.43. The van der Waals surface area contributed by atoms with Crippen LogP contribution in [0.15, 0.2) is 66.0 Å². The van der Waals surface area contributed by atoms with Gasteiger partial charge in [0.1, 0.15) is 10.8 Å². The van der Waals surface area contributed by atoms with Crippen molar-refractivity contribution in [1.29, 1.82) is 0 Å². The van der Waals surface area contributed by atoms with Crippen LogP contribution in [0.4, 0.5) is 4.39 Å². The maximum atomic E-state index is 13.7. The average molecular weight is 436 g/mol. The zero-order chi connectivity index (χ0) is 20.5. The number of thiazole rings is 1. The maximum Gasteiger partial charge on any atom is 0.291 e. The molecule has 3 heterocycles. The quantitative estimate of drug-likeness (QED) is 0.435. The molecule has 2 aromatic carbocycles. The summed E-state index contributed by atoms with van der Waals surface area (Å²) in [6.45, 7) is 0.279. The van der Waals surface area contributed by atoms with Gasteiger partial charge in [-0.3, -0.25) is 4.79 Å². The van der Waals surface area contributed by atoms with Gasteiger partial charge in [0.2, 0.25) is 5.82 Å². The summed E-state index contributed by atoms with van der Waals surface area (Å²) >= 11 is 3.00. The molecular weight excluding hydrogens is 421 g/mol. The number of nitrogens with zero attached hydrogens (tertiary/aromatic N) is 4. The molecule has 0 aliphatic heterocycles. The van der Waals surface area contributed by atoms with Crippen molar-refractivity contribution in [1.82, 2.24) is 25.1 Å². The Labute approximate surface area is 178 Å². The second kappa shape index (κ2) is 7.77. The van der Waals surface area contributed by atoms with E-state index in [1.54, 1.807) is 12.1 Å². The second-order valence-corrected chi connectivity index (χ2v) is 8.45. The van der Waals surface area contributed by atoms with E-state index in [0.717, 1.165) is 20.1 Å². The highest BCUT2D eigenvalue weighted by Gasteiger charge is 2.20. The molecule has 0 spiro atoms. The molecule has 0 aliphatic carbocycles. The zero-order valence-corrected chi connectivity index (χ0v) is 17.1. The van der Waals surface area contributed by atoms with Gasteiger partial charge in [0.05, 0.1) is 27.3 Å².